The number of hydrogen-bond donors (Lipinski definition) is 1. The zero-order valence-corrected chi connectivity index (χ0v) is 13.5. The molecular weight excluding hydrogens is 272 g/mol. The molecule has 0 aromatic carbocycles. The van der Waals surface area contributed by atoms with E-state index in [2.05, 4.69) is 6.92 Å². The maximum absolute atomic E-state index is 11.2. The van der Waals surface area contributed by atoms with Crippen LogP contribution in [0.3, 0.4) is 0 Å². The molecule has 124 valence electrons. The van der Waals surface area contributed by atoms with Crippen molar-refractivity contribution >= 4 is 5.97 Å². The Morgan fingerprint density at radius 1 is 1.24 bits per heavy atom. The quantitative estimate of drug-likeness (QED) is 0.245. The average Bonchev–Trinajstić information content (AvgIpc) is 2.47. The van der Waals surface area contributed by atoms with Crippen LogP contribution in [-0.2, 0) is 19.0 Å². The number of rotatable bonds is 13. The second-order valence-electron chi connectivity index (χ2n) is 4.91. The van der Waals surface area contributed by atoms with Crippen molar-refractivity contribution in [2.24, 2.45) is 0 Å². The van der Waals surface area contributed by atoms with Gasteiger partial charge in [0.15, 0.2) is 0 Å². The third-order valence-corrected chi connectivity index (χ3v) is 3.09. The van der Waals surface area contributed by atoms with Crippen molar-refractivity contribution in [1.29, 1.82) is 0 Å². The molecule has 21 heavy (non-hydrogen) atoms. The minimum atomic E-state index is -0.498. The van der Waals surface area contributed by atoms with Crippen LogP contribution < -0.4 is 0 Å². The van der Waals surface area contributed by atoms with Gasteiger partial charge in [0.05, 0.1) is 18.8 Å². The summed E-state index contributed by atoms with van der Waals surface area (Å²) in [5.74, 6) is -0.338. The number of methoxy groups -OCH3 is 1. The lowest BCUT2D eigenvalue weighted by Crippen LogP contribution is -2.29. The van der Waals surface area contributed by atoms with Crippen LogP contribution in [0.2, 0.25) is 0 Å². The number of allylic oxidation sites excluding steroid dienone is 1. The Morgan fingerprint density at radius 3 is 2.62 bits per heavy atom. The second kappa shape index (κ2) is 14.0. The highest BCUT2D eigenvalue weighted by Crippen LogP contribution is 2.14. The first kappa shape index (κ1) is 20.1. The maximum atomic E-state index is 11.2. The summed E-state index contributed by atoms with van der Waals surface area (Å²) in [6.45, 7) is 4.44. The van der Waals surface area contributed by atoms with Crippen LogP contribution in [0.4, 0.5) is 0 Å². The van der Waals surface area contributed by atoms with Crippen molar-refractivity contribution < 1.29 is 24.1 Å². The molecule has 0 aliphatic carbocycles. The van der Waals surface area contributed by atoms with Gasteiger partial charge in [-0.25, -0.2) is 4.79 Å². The number of hydrogen-bond acceptors (Lipinski definition) is 5. The lowest BCUT2D eigenvalue weighted by atomic mass is 10.0. The van der Waals surface area contributed by atoms with E-state index in [9.17, 15) is 9.90 Å². The Morgan fingerprint density at radius 2 is 2.00 bits per heavy atom. The van der Waals surface area contributed by atoms with E-state index in [1.54, 1.807) is 20.1 Å². The lowest BCUT2D eigenvalue weighted by Gasteiger charge is -2.22. The molecule has 2 atom stereocenters. The SMILES string of the molecule is CCCCC[C@@H](O)[C@H](CC/C=C/C(=O)OCC)OCOC. The molecule has 0 bridgehead atoms. The summed E-state index contributed by atoms with van der Waals surface area (Å²) in [4.78, 5) is 11.2. The van der Waals surface area contributed by atoms with E-state index in [0.29, 0.717) is 19.4 Å². The van der Waals surface area contributed by atoms with Crippen molar-refractivity contribution in [3.8, 4) is 0 Å². The zero-order valence-electron chi connectivity index (χ0n) is 13.5. The molecule has 0 saturated carbocycles. The molecular formula is C16H30O5. The fourth-order valence-corrected chi connectivity index (χ4v) is 1.96. The van der Waals surface area contributed by atoms with E-state index in [1.165, 1.54) is 6.08 Å². The first-order valence-electron chi connectivity index (χ1n) is 7.77. The van der Waals surface area contributed by atoms with Crippen molar-refractivity contribution in [2.75, 3.05) is 20.5 Å². The molecule has 0 aromatic rings. The molecule has 0 aliphatic rings. The van der Waals surface area contributed by atoms with E-state index in [1.807, 2.05) is 0 Å². The number of unbranched alkanes of at least 4 members (excludes halogenated alkanes) is 2. The standard InChI is InChI=1S/C16H30O5/c1-4-6-7-10-14(17)15(21-13-19-3)11-8-9-12-16(18)20-5-2/h9,12,14-15,17H,4-8,10-11,13H2,1-3H3/b12-9+/t14-,15+/m1/s1. The molecule has 0 saturated heterocycles. The largest absolute Gasteiger partial charge is 0.463 e. The van der Waals surface area contributed by atoms with Crippen LogP contribution in [-0.4, -0.2) is 43.8 Å². The zero-order chi connectivity index (χ0) is 15.9. The molecule has 1 N–H and O–H groups in total. The number of ether oxygens (including phenoxy) is 3. The Hall–Kier alpha value is -0.910. The third-order valence-electron chi connectivity index (χ3n) is 3.09. The molecule has 0 radical (unpaired) electrons. The van der Waals surface area contributed by atoms with Gasteiger partial charge in [-0.3, -0.25) is 0 Å². The topological polar surface area (TPSA) is 65.0 Å². The Balaban J connectivity index is 4.12. The normalized spacial score (nSPS) is 14.3. The fraction of sp³-hybridized carbons (Fsp3) is 0.812. The molecule has 0 fully saturated rings. The second-order valence-corrected chi connectivity index (χ2v) is 4.91. The number of carbonyl (C=O) groups excluding carboxylic acids is 1. The number of carbonyl (C=O) groups is 1. The highest BCUT2D eigenvalue weighted by atomic mass is 16.7. The van der Waals surface area contributed by atoms with E-state index in [-0.39, 0.29) is 18.9 Å². The van der Waals surface area contributed by atoms with E-state index in [4.69, 9.17) is 14.2 Å². The van der Waals surface area contributed by atoms with Crippen molar-refractivity contribution in [3.63, 3.8) is 0 Å². The predicted octanol–water partition coefficient (Wildman–Crippen LogP) is 2.82. The van der Waals surface area contributed by atoms with Gasteiger partial charge in [0, 0.05) is 13.2 Å². The van der Waals surface area contributed by atoms with Gasteiger partial charge in [0.1, 0.15) is 6.79 Å². The van der Waals surface area contributed by atoms with Crippen LogP contribution in [0.1, 0.15) is 52.4 Å². The summed E-state index contributed by atoms with van der Waals surface area (Å²) in [5.41, 5.74) is 0. The first-order valence-corrected chi connectivity index (χ1v) is 7.77. The summed E-state index contributed by atoms with van der Waals surface area (Å²) < 4.78 is 15.2. The van der Waals surface area contributed by atoms with E-state index >= 15 is 0 Å². The van der Waals surface area contributed by atoms with Crippen molar-refractivity contribution in [1.82, 2.24) is 0 Å². The summed E-state index contributed by atoms with van der Waals surface area (Å²) in [7, 11) is 1.56. The fourth-order valence-electron chi connectivity index (χ4n) is 1.96. The minimum absolute atomic E-state index is 0.164. The number of aliphatic hydroxyl groups is 1. The van der Waals surface area contributed by atoms with Crippen molar-refractivity contribution in [2.45, 2.75) is 64.6 Å². The van der Waals surface area contributed by atoms with Gasteiger partial charge in [0.25, 0.3) is 0 Å². The van der Waals surface area contributed by atoms with Gasteiger partial charge in [0.2, 0.25) is 0 Å². The minimum Gasteiger partial charge on any atom is -0.463 e. The molecule has 0 spiro atoms. The highest BCUT2D eigenvalue weighted by molar-refractivity contribution is 5.81. The van der Waals surface area contributed by atoms with Gasteiger partial charge in [-0.2, -0.15) is 0 Å². The monoisotopic (exact) mass is 302 g/mol. The van der Waals surface area contributed by atoms with Crippen LogP contribution in [0, 0.1) is 0 Å². The maximum Gasteiger partial charge on any atom is 0.330 e. The Kier molecular flexibility index (Phi) is 13.4. The summed E-state index contributed by atoms with van der Waals surface area (Å²) >= 11 is 0. The Labute approximate surface area is 128 Å². The van der Waals surface area contributed by atoms with Gasteiger partial charge < -0.3 is 19.3 Å². The van der Waals surface area contributed by atoms with E-state index < -0.39 is 6.10 Å². The Bertz CT molecular complexity index is 278. The molecule has 0 rings (SSSR count). The smallest absolute Gasteiger partial charge is 0.330 e. The molecule has 0 aromatic heterocycles. The van der Waals surface area contributed by atoms with Crippen molar-refractivity contribution in [3.05, 3.63) is 12.2 Å². The first-order chi connectivity index (χ1) is 10.2. The van der Waals surface area contributed by atoms with Gasteiger partial charge >= 0.3 is 5.97 Å². The highest BCUT2D eigenvalue weighted by Gasteiger charge is 2.18. The van der Waals surface area contributed by atoms with Crippen LogP contribution in [0.15, 0.2) is 12.2 Å². The molecule has 0 amide bonds. The van der Waals surface area contributed by atoms with E-state index in [0.717, 1.165) is 25.7 Å². The molecule has 5 nitrogen and oxygen atoms in total. The third kappa shape index (κ3) is 11.4. The molecule has 5 heteroatoms. The summed E-state index contributed by atoms with van der Waals surface area (Å²) in [5, 5.41) is 10.2. The van der Waals surface area contributed by atoms with Crippen LogP contribution in [0.5, 0.6) is 0 Å². The predicted molar refractivity (Wildman–Crippen MR) is 81.9 cm³/mol. The number of aliphatic hydroxyl groups excluding tert-OH is 1. The number of esters is 1. The lowest BCUT2D eigenvalue weighted by molar-refractivity contribution is -0.137. The van der Waals surface area contributed by atoms with Gasteiger partial charge in [-0.1, -0.05) is 32.3 Å². The molecule has 0 heterocycles. The summed E-state index contributed by atoms with van der Waals surface area (Å²) in [6, 6.07) is 0. The van der Waals surface area contributed by atoms with Crippen LogP contribution >= 0.6 is 0 Å². The van der Waals surface area contributed by atoms with Gasteiger partial charge in [-0.05, 0) is 26.2 Å². The van der Waals surface area contributed by atoms with Crippen LogP contribution in [0.25, 0.3) is 0 Å². The molecule has 0 unspecified atom stereocenters. The molecule has 0 aliphatic heterocycles. The van der Waals surface area contributed by atoms with Gasteiger partial charge in [-0.15, -0.1) is 0 Å². The average molecular weight is 302 g/mol. The summed E-state index contributed by atoms with van der Waals surface area (Å²) in [6.07, 6.45) is 7.64.